The largest absolute Gasteiger partial charge is 0.396 e. The molecular formula is C14H19NOS. The molecule has 0 atom stereocenters. The molecule has 1 aliphatic carbocycles. The van der Waals surface area contributed by atoms with Crippen molar-refractivity contribution in [2.45, 2.75) is 30.6 Å². The Labute approximate surface area is 107 Å². The highest BCUT2D eigenvalue weighted by atomic mass is 32.2. The van der Waals surface area contributed by atoms with E-state index in [1.54, 1.807) is 0 Å². The van der Waals surface area contributed by atoms with Gasteiger partial charge in [-0.1, -0.05) is 12.5 Å². The highest BCUT2D eigenvalue weighted by Crippen LogP contribution is 2.44. The molecule has 17 heavy (non-hydrogen) atoms. The molecule has 1 heterocycles. The van der Waals surface area contributed by atoms with Crippen LogP contribution in [0.1, 0.15) is 24.8 Å². The van der Waals surface area contributed by atoms with Crippen LogP contribution in [0.5, 0.6) is 0 Å². The summed E-state index contributed by atoms with van der Waals surface area (Å²) in [5.74, 6) is 1.16. The van der Waals surface area contributed by atoms with Crippen LogP contribution in [0.3, 0.4) is 0 Å². The van der Waals surface area contributed by atoms with Crippen molar-refractivity contribution in [2.75, 3.05) is 24.2 Å². The molecule has 1 fully saturated rings. The van der Waals surface area contributed by atoms with E-state index < -0.39 is 0 Å². The zero-order valence-electron chi connectivity index (χ0n) is 10.0. The van der Waals surface area contributed by atoms with Crippen LogP contribution in [-0.2, 0) is 6.42 Å². The van der Waals surface area contributed by atoms with Crippen molar-refractivity contribution in [3.8, 4) is 0 Å². The standard InChI is InChI=1S/C14H19NOS/c16-10-14(4-1-5-14)9-11-2-3-13-12(8-11)15-6-7-17-13/h2-3,8,15-16H,1,4-7,9-10H2. The highest BCUT2D eigenvalue weighted by Gasteiger charge is 2.36. The van der Waals surface area contributed by atoms with Gasteiger partial charge in [0, 0.05) is 29.5 Å². The lowest BCUT2D eigenvalue weighted by Crippen LogP contribution is -2.35. The minimum absolute atomic E-state index is 0.191. The number of hydrogen-bond donors (Lipinski definition) is 2. The second-order valence-electron chi connectivity index (χ2n) is 5.29. The Balaban J connectivity index is 1.79. The van der Waals surface area contributed by atoms with E-state index in [2.05, 4.69) is 23.5 Å². The molecule has 1 aromatic carbocycles. The number of anilines is 1. The number of rotatable bonds is 3. The van der Waals surface area contributed by atoms with Gasteiger partial charge in [-0.3, -0.25) is 0 Å². The van der Waals surface area contributed by atoms with Crippen LogP contribution in [0.25, 0.3) is 0 Å². The summed E-state index contributed by atoms with van der Waals surface area (Å²) in [6.45, 7) is 1.40. The zero-order chi connectivity index (χ0) is 11.7. The summed E-state index contributed by atoms with van der Waals surface area (Å²) in [7, 11) is 0. The summed E-state index contributed by atoms with van der Waals surface area (Å²) in [4.78, 5) is 1.37. The zero-order valence-corrected chi connectivity index (χ0v) is 10.9. The lowest BCUT2D eigenvalue weighted by Gasteiger charge is -2.40. The molecular weight excluding hydrogens is 230 g/mol. The van der Waals surface area contributed by atoms with Crippen LogP contribution in [0.2, 0.25) is 0 Å². The topological polar surface area (TPSA) is 32.3 Å². The molecule has 1 saturated carbocycles. The number of aliphatic hydroxyl groups is 1. The number of fused-ring (bicyclic) bond motifs is 1. The molecule has 0 amide bonds. The average molecular weight is 249 g/mol. The molecule has 92 valence electrons. The SMILES string of the molecule is OCC1(Cc2ccc3c(c2)NCCS3)CCC1. The Morgan fingerprint density at radius 2 is 2.24 bits per heavy atom. The van der Waals surface area contributed by atoms with E-state index in [4.69, 9.17) is 0 Å². The molecule has 0 unspecified atom stereocenters. The van der Waals surface area contributed by atoms with E-state index in [0.29, 0.717) is 6.61 Å². The minimum Gasteiger partial charge on any atom is -0.396 e. The van der Waals surface area contributed by atoms with Crippen LogP contribution in [0.4, 0.5) is 5.69 Å². The van der Waals surface area contributed by atoms with Crippen molar-refractivity contribution >= 4 is 17.4 Å². The summed E-state index contributed by atoms with van der Waals surface area (Å²) in [5, 5.41) is 13.0. The minimum atomic E-state index is 0.191. The van der Waals surface area contributed by atoms with Gasteiger partial charge in [-0.05, 0) is 42.4 Å². The summed E-state index contributed by atoms with van der Waals surface area (Å²) in [5.41, 5.74) is 2.84. The number of aliphatic hydroxyl groups excluding tert-OH is 1. The van der Waals surface area contributed by atoms with E-state index >= 15 is 0 Å². The summed E-state index contributed by atoms with van der Waals surface area (Å²) < 4.78 is 0. The van der Waals surface area contributed by atoms with Crippen molar-refractivity contribution in [2.24, 2.45) is 5.41 Å². The molecule has 0 radical (unpaired) electrons. The van der Waals surface area contributed by atoms with Gasteiger partial charge in [-0.25, -0.2) is 0 Å². The molecule has 3 heteroatoms. The van der Waals surface area contributed by atoms with Crippen LogP contribution in [0.15, 0.2) is 23.1 Å². The van der Waals surface area contributed by atoms with Crippen molar-refractivity contribution in [3.63, 3.8) is 0 Å². The fourth-order valence-electron chi connectivity index (χ4n) is 2.80. The number of nitrogens with one attached hydrogen (secondary N) is 1. The third-order valence-electron chi connectivity index (χ3n) is 4.05. The van der Waals surface area contributed by atoms with Crippen LogP contribution in [0, 0.1) is 5.41 Å². The van der Waals surface area contributed by atoms with Gasteiger partial charge in [-0.15, -0.1) is 11.8 Å². The first-order valence-corrected chi connectivity index (χ1v) is 7.40. The van der Waals surface area contributed by atoms with Crippen molar-refractivity contribution in [1.82, 2.24) is 0 Å². The van der Waals surface area contributed by atoms with E-state index in [1.165, 1.54) is 35.4 Å². The van der Waals surface area contributed by atoms with Crippen molar-refractivity contribution in [1.29, 1.82) is 0 Å². The molecule has 0 bridgehead atoms. The number of benzene rings is 1. The molecule has 3 rings (SSSR count). The predicted molar refractivity (Wildman–Crippen MR) is 72.7 cm³/mol. The molecule has 0 spiro atoms. The van der Waals surface area contributed by atoms with Gasteiger partial charge >= 0.3 is 0 Å². The maximum absolute atomic E-state index is 9.52. The molecule has 1 aromatic rings. The van der Waals surface area contributed by atoms with Crippen LogP contribution < -0.4 is 5.32 Å². The quantitative estimate of drug-likeness (QED) is 0.864. The van der Waals surface area contributed by atoms with Gasteiger partial charge in [0.1, 0.15) is 0 Å². The Bertz CT molecular complexity index is 409. The molecule has 2 nitrogen and oxygen atoms in total. The summed E-state index contributed by atoms with van der Waals surface area (Å²) >= 11 is 1.93. The monoisotopic (exact) mass is 249 g/mol. The van der Waals surface area contributed by atoms with Gasteiger partial charge in [0.25, 0.3) is 0 Å². The average Bonchev–Trinajstić information content (AvgIpc) is 2.34. The van der Waals surface area contributed by atoms with Crippen LogP contribution in [-0.4, -0.2) is 24.0 Å². The second kappa shape index (κ2) is 4.54. The van der Waals surface area contributed by atoms with Crippen molar-refractivity contribution in [3.05, 3.63) is 23.8 Å². The molecule has 0 saturated heterocycles. The Hall–Kier alpha value is -0.670. The van der Waals surface area contributed by atoms with E-state index in [1.807, 2.05) is 11.8 Å². The number of hydrogen-bond acceptors (Lipinski definition) is 3. The Morgan fingerprint density at radius 3 is 2.94 bits per heavy atom. The second-order valence-corrected chi connectivity index (χ2v) is 6.43. The maximum atomic E-state index is 9.52. The first-order chi connectivity index (χ1) is 8.31. The molecule has 1 aliphatic heterocycles. The normalized spacial score (nSPS) is 21.2. The fourth-order valence-corrected chi connectivity index (χ4v) is 3.67. The third kappa shape index (κ3) is 2.18. The van der Waals surface area contributed by atoms with Crippen LogP contribution >= 0.6 is 11.8 Å². The van der Waals surface area contributed by atoms with Gasteiger partial charge in [0.2, 0.25) is 0 Å². The van der Waals surface area contributed by atoms with Crippen molar-refractivity contribution < 1.29 is 5.11 Å². The van der Waals surface area contributed by atoms with Gasteiger partial charge in [0.05, 0.1) is 0 Å². The van der Waals surface area contributed by atoms with Gasteiger partial charge in [0.15, 0.2) is 0 Å². The van der Waals surface area contributed by atoms with Gasteiger partial charge < -0.3 is 10.4 Å². The third-order valence-corrected chi connectivity index (χ3v) is 5.12. The lowest BCUT2D eigenvalue weighted by atomic mass is 9.66. The lowest BCUT2D eigenvalue weighted by molar-refractivity contribution is 0.0450. The Kier molecular flexibility index (Phi) is 3.05. The molecule has 2 aliphatic rings. The summed E-state index contributed by atoms with van der Waals surface area (Å²) in [6, 6.07) is 6.73. The molecule has 2 N–H and O–H groups in total. The highest BCUT2D eigenvalue weighted by molar-refractivity contribution is 7.99. The van der Waals surface area contributed by atoms with E-state index in [0.717, 1.165) is 18.7 Å². The fraction of sp³-hybridized carbons (Fsp3) is 0.571. The van der Waals surface area contributed by atoms with Gasteiger partial charge in [-0.2, -0.15) is 0 Å². The maximum Gasteiger partial charge on any atom is 0.0490 e. The van der Waals surface area contributed by atoms with E-state index in [9.17, 15) is 5.11 Å². The Morgan fingerprint density at radius 1 is 1.35 bits per heavy atom. The first kappa shape index (κ1) is 11.4. The first-order valence-electron chi connectivity index (χ1n) is 6.42. The summed E-state index contributed by atoms with van der Waals surface area (Å²) in [6.07, 6.45) is 4.67. The molecule has 0 aromatic heterocycles. The smallest absolute Gasteiger partial charge is 0.0490 e. The predicted octanol–water partition coefficient (Wildman–Crippen LogP) is 2.91. The van der Waals surface area contributed by atoms with E-state index in [-0.39, 0.29) is 5.41 Å². The number of thioether (sulfide) groups is 1.